The van der Waals surface area contributed by atoms with Gasteiger partial charge in [0.05, 0.1) is 6.61 Å². The molecule has 1 aromatic carbocycles. The first-order valence-electron chi connectivity index (χ1n) is 7.54. The molecule has 1 N–H and O–H groups in total. The minimum absolute atomic E-state index is 0.720. The maximum atomic E-state index is 5.85. The number of rotatable bonds is 11. The van der Waals surface area contributed by atoms with Gasteiger partial charge in [0.1, 0.15) is 12.4 Å². The molecule has 0 bridgehead atoms. The van der Waals surface area contributed by atoms with E-state index in [9.17, 15) is 0 Å². The molecule has 4 nitrogen and oxygen atoms in total. The van der Waals surface area contributed by atoms with Crippen LogP contribution in [0, 0.1) is 0 Å². The predicted octanol–water partition coefficient (Wildman–Crippen LogP) is 2.91. The van der Waals surface area contributed by atoms with Crippen molar-refractivity contribution in [3.05, 3.63) is 28.2 Å². The van der Waals surface area contributed by atoms with Gasteiger partial charge in [-0.15, -0.1) is 0 Å². The quantitative estimate of drug-likeness (QED) is 0.616. The Balaban J connectivity index is 2.44. The third-order valence-corrected chi connectivity index (χ3v) is 4.16. The zero-order chi connectivity index (χ0) is 15.5. The van der Waals surface area contributed by atoms with Crippen molar-refractivity contribution in [2.24, 2.45) is 0 Å². The summed E-state index contributed by atoms with van der Waals surface area (Å²) >= 11 is 3.58. The van der Waals surface area contributed by atoms with Gasteiger partial charge >= 0.3 is 0 Å². The van der Waals surface area contributed by atoms with Crippen LogP contribution in [0.25, 0.3) is 0 Å². The minimum Gasteiger partial charge on any atom is -0.492 e. The largest absolute Gasteiger partial charge is 0.492 e. The van der Waals surface area contributed by atoms with E-state index in [1.165, 1.54) is 5.56 Å². The van der Waals surface area contributed by atoms with Gasteiger partial charge in [-0.25, -0.2) is 0 Å². The fraction of sp³-hybridized carbons (Fsp3) is 0.625. The molecule has 120 valence electrons. The molecule has 0 amide bonds. The third-order valence-electron chi connectivity index (χ3n) is 3.39. The molecule has 0 aliphatic carbocycles. The van der Waals surface area contributed by atoms with E-state index in [4.69, 9.17) is 9.47 Å². The molecule has 0 unspecified atom stereocenters. The number of ether oxygens (including phenoxy) is 2. The SMILES string of the molecule is CCN(CC)CCOc1ccc(Br)c(CNCCOC)c1. The molecule has 1 rings (SSSR count). The molecular formula is C16H27BrN2O2. The van der Waals surface area contributed by atoms with Crippen LogP contribution in [0.15, 0.2) is 22.7 Å². The van der Waals surface area contributed by atoms with Gasteiger partial charge in [-0.2, -0.15) is 0 Å². The summed E-state index contributed by atoms with van der Waals surface area (Å²) in [7, 11) is 1.71. The standard InChI is InChI=1S/C16H27BrN2O2/c1-4-19(5-2)9-11-21-15-6-7-16(17)14(12-15)13-18-8-10-20-3/h6-7,12,18H,4-5,8-11,13H2,1-3H3. The van der Waals surface area contributed by atoms with E-state index in [-0.39, 0.29) is 0 Å². The van der Waals surface area contributed by atoms with Crippen LogP contribution in [0.4, 0.5) is 0 Å². The lowest BCUT2D eigenvalue weighted by atomic mass is 10.2. The van der Waals surface area contributed by atoms with Gasteiger partial charge in [-0.3, -0.25) is 0 Å². The molecule has 0 saturated carbocycles. The molecule has 21 heavy (non-hydrogen) atoms. The maximum absolute atomic E-state index is 5.85. The third kappa shape index (κ3) is 7.27. The van der Waals surface area contributed by atoms with Gasteiger partial charge in [-0.05, 0) is 36.9 Å². The lowest BCUT2D eigenvalue weighted by Gasteiger charge is -2.18. The van der Waals surface area contributed by atoms with Crippen LogP contribution in [0.3, 0.4) is 0 Å². The van der Waals surface area contributed by atoms with Crippen molar-refractivity contribution in [3.63, 3.8) is 0 Å². The second-order valence-corrected chi connectivity index (χ2v) is 5.65. The Hall–Kier alpha value is -0.620. The fourth-order valence-corrected chi connectivity index (χ4v) is 2.39. The van der Waals surface area contributed by atoms with Gasteiger partial charge in [0.15, 0.2) is 0 Å². The molecule has 0 aliphatic rings. The number of nitrogens with one attached hydrogen (secondary N) is 1. The van der Waals surface area contributed by atoms with Crippen LogP contribution >= 0.6 is 15.9 Å². The van der Waals surface area contributed by atoms with Gasteiger partial charge in [0, 0.05) is 31.2 Å². The summed E-state index contributed by atoms with van der Waals surface area (Å²) < 4.78 is 12.0. The van der Waals surface area contributed by atoms with E-state index in [1.807, 2.05) is 12.1 Å². The number of hydrogen-bond acceptors (Lipinski definition) is 4. The number of nitrogens with zero attached hydrogens (tertiary/aromatic N) is 1. The van der Waals surface area contributed by atoms with Crippen molar-refractivity contribution in [3.8, 4) is 5.75 Å². The van der Waals surface area contributed by atoms with Crippen molar-refractivity contribution in [2.75, 3.05) is 46.5 Å². The van der Waals surface area contributed by atoms with Crippen LogP contribution in [0.1, 0.15) is 19.4 Å². The molecule has 0 atom stereocenters. The maximum Gasteiger partial charge on any atom is 0.119 e. The van der Waals surface area contributed by atoms with Gasteiger partial charge in [0.25, 0.3) is 0 Å². The number of benzene rings is 1. The molecule has 0 aliphatic heterocycles. The van der Waals surface area contributed by atoms with E-state index in [0.29, 0.717) is 0 Å². The van der Waals surface area contributed by atoms with E-state index in [0.717, 1.165) is 56.2 Å². The van der Waals surface area contributed by atoms with Crippen molar-refractivity contribution in [1.82, 2.24) is 10.2 Å². The number of likely N-dealkylation sites (N-methyl/N-ethyl adjacent to an activating group) is 1. The highest BCUT2D eigenvalue weighted by molar-refractivity contribution is 9.10. The lowest BCUT2D eigenvalue weighted by Crippen LogP contribution is -2.27. The highest BCUT2D eigenvalue weighted by atomic mass is 79.9. The molecule has 0 fully saturated rings. The van der Waals surface area contributed by atoms with Crippen molar-refractivity contribution >= 4 is 15.9 Å². The van der Waals surface area contributed by atoms with Crippen LogP contribution in [-0.2, 0) is 11.3 Å². The van der Waals surface area contributed by atoms with Gasteiger partial charge in [0.2, 0.25) is 0 Å². The van der Waals surface area contributed by atoms with Crippen molar-refractivity contribution in [2.45, 2.75) is 20.4 Å². The topological polar surface area (TPSA) is 33.7 Å². The highest BCUT2D eigenvalue weighted by Crippen LogP contribution is 2.22. The smallest absolute Gasteiger partial charge is 0.119 e. The van der Waals surface area contributed by atoms with Crippen LogP contribution in [0.5, 0.6) is 5.75 Å². The second kappa shape index (κ2) is 11.0. The van der Waals surface area contributed by atoms with Gasteiger partial charge in [-0.1, -0.05) is 29.8 Å². The summed E-state index contributed by atoms with van der Waals surface area (Å²) in [5.41, 5.74) is 1.20. The molecular weight excluding hydrogens is 332 g/mol. The molecule has 0 aromatic heterocycles. The number of hydrogen-bond donors (Lipinski definition) is 1. The fourth-order valence-electron chi connectivity index (χ4n) is 2.01. The average molecular weight is 359 g/mol. The normalized spacial score (nSPS) is 11.1. The van der Waals surface area contributed by atoms with Crippen molar-refractivity contribution < 1.29 is 9.47 Å². The van der Waals surface area contributed by atoms with E-state index < -0.39 is 0 Å². The van der Waals surface area contributed by atoms with Crippen LogP contribution < -0.4 is 10.1 Å². The molecule has 0 heterocycles. The molecule has 5 heteroatoms. The molecule has 0 radical (unpaired) electrons. The summed E-state index contributed by atoms with van der Waals surface area (Å²) in [6.07, 6.45) is 0. The first kappa shape index (κ1) is 18.4. The summed E-state index contributed by atoms with van der Waals surface area (Å²) in [6.45, 7) is 10.5. The van der Waals surface area contributed by atoms with E-state index in [2.05, 4.69) is 46.1 Å². The Morgan fingerprint density at radius 2 is 1.95 bits per heavy atom. The number of methoxy groups -OCH3 is 1. The summed E-state index contributed by atoms with van der Waals surface area (Å²) in [4.78, 5) is 2.35. The summed E-state index contributed by atoms with van der Waals surface area (Å²) in [5, 5.41) is 3.34. The predicted molar refractivity (Wildman–Crippen MR) is 91.0 cm³/mol. The zero-order valence-electron chi connectivity index (χ0n) is 13.3. The Morgan fingerprint density at radius 3 is 2.62 bits per heavy atom. The van der Waals surface area contributed by atoms with E-state index in [1.54, 1.807) is 7.11 Å². The monoisotopic (exact) mass is 358 g/mol. The molecule has 1 aromatic rings. The Morgan fingerprint density at radius 1 is 1.19 bits per heavy atom. The highest BCUT2D eigenvalue weighted by Gasteiger charge is 2.04. The van der Waals surface area contributed by atoms with Crippen molar-refractivity contribution in [1.29, 1.82) is 0 Å². The first-order valence-corrected chi connectivity index (χ1v) is 8.33. The van der Waals surface area contributed by atoms with Gasteiger partial charge < -0.3 is 19.7 Å². The Kier molecular flexibility index (Phi) is 9.67. The second-order valence-electron chi connectivity index (χ2n) is 4.80. The Labute approximate surface area is 136 Å². The van der Waals surface area contributed by atoms with Crippen LogP contribution in [0.2, 0.25) is 0 Å². The molecule has 0 saturated heterocycles. The average Bonchev–Trinajstić information content (AvgIpc) is 2.50. The summed E-state index contributed by atoms with van der Waals surface area (Å²) in [6, 6.07) is 6.14. The zero-order valence-corrected chi connectivity index (χ0v) is 14.9. The number of halogens is 1. The first-order chi connectivity index (χ1) is 10.2. The minimum atomic E-state index is 0.720. The van der Waals surface area contributed by atoms with Crippen LogP contribution in [-0.4, -0.2) is 51.4 Å². The lowest BCUT2D eigenvalue weighted by molar-refractivity contribution is 0.199. The van der Waals surface area contributed by atoms with E-state index >= 15 is 0 Å². The Bertz CT molecular complexity index is 398. The summed E-state index contributed by atoms with van der Waals surface area (Å²) in [5.74, 6) is 0.925. The molecule has 0 spiro atoms.